The van der Waals surface area contributed by atoms with E-state index >= 15 is 0 Å². The van der Waals surface area contributed by atoms with Gasteiger partial charge >= 0.3 is 0 Å². The Bertz CT molecular complexity index is 531. The van der Waals surface area contributed by atoms with Crippen molar-refractivity contribution in [2.45, 2.75) is 18.4 Å². The van der Waals surface area contributed by atoms with Crippen molar-refractivity contribution < 1.29 is 19.0 Å². The van der Waals surface area contributed by atoms with E-state index in [-0.39, 0.29) is 30.1 Å². The van der Waals surface area contributed by atoms with E-state index in [9.17, 15) is 14.3 Å². The van der Waals surface area contributed by atoms with E-state index in [0.717, 1.165) is 25.1 Å². The molecule has 0 bridgehead atoms. The summed E-state index contributed by atoms with van der Waals surface area (Å²) in [7, 11) is 0. The Morgan fingerprint density at radius 2 is 2.04 bits per heavy atom. The quantitative estimate of drug-likeness (QED) is 0.811. The maximum atomic E-state index is 12.9. The van der Waals surface area contributed by atoms with Crippen LogP contribution in [0.1, 0.15) is 17.9 Å². The number of rotatable bonds is 6. The van der Waals surface area contributed by atoms with Gasteiger partial charge in [-0.05, 0) is 30.0 Å². The number of hydrogen-bond acceptors (Lipinski definition) is 4. The summed E-state index contributed by atoms with van der Waals surface area (Å²) in [6.45, 7) is 3.85. The van der Waals surface area contributed by atoms with Gasteiger partial charge < -0.3 is 15.2 Å². The fourth-order valence-corrected chi connectivity index (χ4v) is 3.06. The topological polar surface area (TPSA) is 61.8 Å². The molecule has 6 heteroatoms. The Balaban J connectivity index is 1.39. The average molecular weight is 322 g/mol. The molecular weight excluding hydrogens is 299 g/mol. The molecule has 0 radical (unpaired) electrons. The maximum absolute atomic E-state index is 12.9. The standard InChI is InChI=1S/C17H23FN2O3/c18-13-3-1-12(2-4-13)15-9-16(15)17(22)19-10-14(21)11-20-5-7-23-8-6-20/h1-4,14-16,21H,5-11H2,(H,19,22). The first-order chi connectivity index (χ1) is 11.1. The summed E-state index contributed by atoms with van der Waals surface area (Å²) in [6.07, 6.45) is 0.219. The Kier molecular flexibility index (Phi) is 5.25. The zero-order valence-electron chi connectivity index (χ0n) is 13.1. The van der Waals surface area contributed by atoms with E-state index in [0.29, 0.717) is 19.8 Å². The molecule has 3 rings (SSSR count). The highest BCUT2D eigenvalue weighted by molar-refractivity contribution is 5.82. The van der Waals surface area contributed by atoms with Crippen LogP contribution >= 0.6 is 0 Å². The van der Waals surface area contributed by atoms with Crippen LogP contribution in [0.5, 0.6) is 0 Å². The molecule has 1 aromatic rings. The molecule has 3 atom stereocenters. The van der Waals surface area contributed by atoms with Crippen LogP contribution in [0.15, 0.2) is 24.3 Å². The van der Waals surface area contributed by atoms with Gasteiger partial charge in [0.05, 0.1) is 19.3 Å². The molecule has 23 heavy (non-hydrogen) atoms. The van der Waals surface area contributed by atoms with E-state index in [4.69, 9.17) is 4.74 Å². The summed E-state index contributed by atoms with van der Waals surface area (Å²) < 4.78 is 18.2. The third-order valence-electron chi connectivity index (χ3n) is 4.51. The number of amides is 1. The minimum Gasteiger partial charge on any atom is -0.390 e. The molecule has 2 aliphatic rings. The predicted molar refractivity (Wildman–Crippen MR) is 83.5 cm³/mol. The maximum Gasteiger partial charge on any atom is 0.223 e. The fraction of sp³-hybridized carbons (Fsp3) is 0.588. The highest BCUT2D eigenvalue weighted by Gasteiger charge is 2.43. The van der Waals surface area contributed by atoms with Crippen molar-refractivity contribution in [3.05, 3.63) is 35.6 Å². The summed E-state index contributed by atoms with van der Waals surface area (Å²) in [4.78, 5) is 14.3. The van der Waals surface area contributed by atoms with Crippen LogP contribution in [0.2, 0.25) is 0 Å². The molecule has 1 aliphatic carbocycles. The first-order valence-electron chi connectivity index (χ1n) is 8.15. The molecular formula is C17H23FN2O3. The van der Waals surface area contributed by atoms with Gasteiger partial charge in [0.25, 0.3) is 0 Å². The number of ether oxygens (including phenoxy) is 1. The molecule has 3 unspecified atom stereocenters. The summed E-state index contributed by atoms with van der Waals surface area (Å²) >= 11 is 0. The van der Waals surface area contributed by atoms with E-state index in [1.165, 1.54) is 12.1 Å². The molecule has 1 saturated heterocycles. The van der Waals surface area contributed by atoms with Gasteiger partial charge in [-0.15, -0.1) is 0 Å². The lowest BCUT2D eigenvalue weighted by molar-refractivity contribution is -0.123. The lowest BCUT2D eigenvalue weighted by Crippen LogP contribution is -2.44. The third-order valence-corrected chi connectivity index (χ3v) is 4.51. The minimum absolute atomic E-state index is 0.0275. The van der Waals surface area contributed by atoms with Gasteiger partial charge in [-0.1, -0.05) is 12.1 Å². The van der Waals surface area contributed by atoms with Crippen molar-refractivity contribution in [1.29, 1.82) is 0 Å². The largest absolute Gasteiger partial charge is 0.390 e. The van der Waals surface area contributed by atoms with Crippen molar-refractivity contribution in [3.8, 4) is 0 Å². The number of aliphatic hydroxyl groups excluding tert-OH is 1. The highest BCUT2D eigenvalue weighted by atomic mass is 19.1. The summed E-state index contributed by atoms with van der Waals surface area (Å²) in [5, 5.41) is 12.9. The van der Waals surface area contributed by atoms with Crippen molar-refractivity contribution >= 4 is 5.91 Å². The molecule has 1 amide bonds. The van der Waals surface area contributed by atoms with Crippen LogP contribution in [-0.2, 0) is 9.53 Å². The lowest BCUT2D eigenvalue weighted by Gasteiger charge is -2.28. The number of halogens is 1. The molecule has 5 nitrogen and oxygen atoms in total. The van der Waals surface area contributed by atoms with E-state index in [1.54, 1.807) is 12.1 Å². The molecule has 1 aliphatic heterocycles. The molecule has 1 saturated carbocycles. The number of nitrogens with one attached hydrogen (secondary N) is 1. The molecule has 0 aromatic heterocycles. The van der Waals surface area contributed by atoms with Gasteiger partial charge in [0.1, 0.15) is 5.82 Å². The van der Waals surface area contributed by atoms with Gasteiger partial charge in [0.2, 0.25) is 5.91 Å². The first-order valence-corrected chi connectivity index (χ1v) is 8.15. The van der Waals surface area contributed by atoms with Crippen LogP contribution in [-0.4, -0.2) is 61.4 Å². The average Bonchev–Trinajstić information content (AvgIpc) is 3.35. The summed E-state index contributed by atoms with van der Waals surface area (Å²) in [5.74, 6) is -0.176. The van der Waals surface area contributed by atoms with E-state index in [2.05, 4.69) is 10.2 Å². The molecule has 0 spiro atoms. The van der Waals surface area contributed by atoms with Crippen LogP contribution in [0.3, 0.4) is 0 Å². The minimum atomic E-state index is -0.569. The van der Waals surface area contributed by atoms with Crippen LogP contribution in [0, 0.1) is 11.7 Å². The van der Waals surface area contributed by atoms with E-state index < -0.39 is 6.10 Å². The van der Waals surface area contributed by atoms with Gasteiger partial charge in [0, 0.05) is 32.1 Å². The Hall–Kier alpha value is -1.50. The van der Waals surface area contributed by atoms with Crippen molar-refractivity contribution in [2.75, 3.05) is 39.4 Å². The monoisotopic (exact) mass is 322 g/mol. The molecule has 1 aromatic carbocycles. The van der Waals surface area contributed by atoms with Crippen LogP contribution < -0.4 is 5.32 Å². The van der Waals surface area contributed by atoms with Crippen molar-refractivity contribution in [1.82, 2.24) is 10.2 Å². The molecule has 2 N–H and O–H groups in total. The molecule has 1 heterocycles. The van der Waals surface area contributed by atoms with E-state index in [1.807, 2.05) is 0 Å². The predicted octanol–water partition coefficient (Wildman–Crippen LogP) is 0.738. The SMILES string of the molecule is O=C(NCC(O)CN1CCOCC1)C1CC1c1ccc(F)cc1. The number of aliphatic hydroxyl groups is 1. The zero-order chi connectivity index (χ0) is 16.2. The second kappa shape index (κ2) is 7.38. The highest BCUT2D eigenvalue weighted by Crippen LogP contribution is 2.47. The van der Waals surface area contributed by atoms with Gasteiger partial charge in [0.15, 0.2) is 0 Å². The number of carbonyl (C=O) groups is 1. The number of hydrogen-bond donors (Lipinski definition) is 2. The smallest absolute Gasteiger partial charge is 0.223 e. The van der Waals surface area contributed by atoms with Crippen LogP contribution in [0.4, 0.5) is 4.39 Å². The van der Waals surface area contributed by atoms with Crippen molar-refractivity contribution in [2.24, 2.45) is 5.92 Å². The Morgan fingerprint density at radius 1 is 1.35 bits per heavy atom. The number of benzene rings is 1. The second-order valence-corrected chi connectivity index (χ2v) is 6.31. The van der Waals surface area contributed by atoms with Gasteiger partial charge in [-0.25, -0.2) is 4.39 Å². The van der Waals surface area contributed by atoms with Gasteiger partial charge in [-0.3, -0.25) is 9.69 Å². The lowest BCUT2D eigenvalue weighted by atomic mass is 10.1. The summed E-state index contributed by atoms with van der Waals surface area (Å²) in [6, 6.07) is 6.32. The number of β-amino-alcohol motifs (C(OH)–C–C–N with tert-alkyl or cyclic N) is 1. The number of carbonyl (C=O) groups excluding carboxylic acids is 1. The molecule has 126 valence electrons. The second-order valence-electron chi connectivity index (χ2n) is 6.31. The van der Waals surface area contributed by atoms with Crippen LogP contribution in [0.25, 0.3) is 0 Å². The number of nitrogens with zero attached hydrogens (tertiary/aromatic N) is 1. The van der Waals surface area contributed by atoms with Gasteiger partial charge in [-0.2, -0.15) is 0 Å². The number of morpholine rings is 1. The first kappa shape index (κ1) is 16.4. The third kappa shape index (κ3) is 4.50. The zero-order valence-corrected chi connectivity index (χ0v) is 13.1. The molecule has 2 fully saturated rings. The fourth-order valence-electron chi connectivity index (χ4n) is 3.06. The Morgan fingerprint density at radius 3 is 2.74 bits per heavy atom. The summed E-state index contributed by atoms with van der Waals surface area (Å²) in [5.41, 5.74) is 1.00. The normalized spacial score (nSPS) is 25.8. The van der Waals surface area contributed by atoms with Crippen molar-refractivity contribution in [3.63, 3.8) is 0 Å². The Labute approximate surface area is 135 Å².